The van der Waals surface area contributed by atoms with Crippen molar-refractivity contribution in [1.29, 1.82) is 5.26 Å². The van der Waals surface area contributed by atoms with Crippen LogP contribution >= 0.6 is 0 Å². The van der Waals surface area contributed by atoms with E-state index in [0.29, 0.717) is 11.4 Å². The minimum atomic E-state index is -0.641. The highest BCUT2D eigenvalue weighted by molar-refractivity contribution is 5.84. The topological polar surface area (TPSA) is 71.3 Å². The normalized spacial score (nSPS) is 10.6. The predicted octanol–water partition coefficient (Wildman–Crippen LogP) is 4.84. The number of nitrogens with zero attached hydrogens (tertiary/aromatic N) is 1. The van der Waals surface area contributed by atoms with Crippen LogP contribution in [0.5, 0.6) is 11.5 Å². The molecule has 6 heteroatoms. The first-order chi connectivity index (χ1) is 11.3. The van der Waals surface area contributed by atoms with E-state index in [1.165, 1.54) is 18.2 Å². The summed E-state index contributed by atoms with van der Waals surface area (Å²) in [7, 11) is 0. The number of halogens is 1. The smallest absolute Gasteiger partial charge is 0.412 e. The Bertz CT molecular complexity index is 774. The van der Waals surface area contributed by atoms with Gasteiger partial charge in [-0.1, -0.05) is 6.07 Å². The first-order valence-electron chi connectivity index (χ1n) is 7.25. The van der Waals surface area contributed by atoms with Crippen LogP contribution in [0, 0.1) is 17.1 Å². The molecule has 0 unspecified atom stereocenters. The molecule has 2 aromatic rings. The number of benzene rings is 2. The summed E-state index contributed by atoms with van der Waals surface area (Å²) >= 11 is 0. The number of carbonyl (C=O) groups is 1. The lowest BCUT2D eigenvalue weighted by molar-refractivity contribution is 0.0636. The van der Waals surface area contributed by atoms with Gasteiger partial charge in [0.2, 0.25) is 0 Å². The number of rotatable bonds is 3. The van der Waals surface area contributed by atoms with Crippen molar-refractivity contribution in [3.8, 4) is 17.6 Å². The molecular weight excluding hydrogens is 311 g/mol. The van der Waals surface area contributed by atoms with Crippen LogP contribution in [-0.2, 0) is 4.74 Å². The number of carbonyl (C=O) groups excluding carboxylic acids is 1. The van der Waals surface area contributed by atoms with Gasteiger partial charge in [-0.05, 0) is 57.2 Å². The minimum Gasteiger partial charge on any atom is -0.456 e. The molecule has 1 amide bonds. The van der Waals surface area contributed by atoms with Crippen molar-refractivity contribution in [2.75, 3.05) is 5.32 Å². The van der Waals surface area contributed by atoms with Gasteiger partial charge >= 0.3 is 6.09 Å². The van der Waals surface area contributed by atoms with E-state index in [2.05, 4.69) is 5.32 Å². The van der Waals surface area contributed by atoms with E-state index in [0.717, 1.165) is 0 Å². The molecule has 0 saturated heterocycles. The molecule has 0 radical (unpaired) electrons. The second-order valence-electron chi connectivity index (χ2n) is 5.98. The third kappa shape index (κ3) is 4.71. The van der Waals surface area contributed by atoms with Gasteiger partial charge in [0, 0.05) is 5.69 Å². The number of hydrogen-bond acceptors (Lipinski definition) is 4. The zero-order chi connectivity index (χ0) is 17.7. The van der Waals surface area contributed by atoms with E-state index in [9.17, 15) is 9.18 Å². The van der Waals surface area contributed by atoms with Crippen LogP contribution in [0.25, 0.3) is 0 Å². The van der Waals surface area contributed by atoms with E-state index >= 15 is 0 Å². The average Bonchev–Trinajstić information content (AvgIpc) is 2.47. The lowest BCUT2D eigenvalue weighted by Gasteiger charge is -2.19. The Hall–Kier alpha value is -3.07. The largest absolute Gasteiger partial charge is 0.456 e. The highest BCUT2D eigenvalue weighted by atomic mass is 19.1. The third-order valence-corrected chi connectivity index (χ3v) is 2.81. The summed E-state index contributed by atoms with van der Waals surface area (Å²) in [6.45, 7) is 5.32. The maximum Gasteiger partial charge on any atom is 0.412 e. The molecule has 0 aliphatic carbocycles. The summed E-state index contributed by atoms with van der Waals surface area (Å²) < 4.78 is 24.2. The summed E-state index contributed by atoms with van der Waals surface area (Å²) in [4.78, 5) is 11.7. The van der Waals surface area contributed by atoms with E-state index in [1.807, 2.05) is 0 Å². The Morgan fingerprint density at radius 2 is 1.83 bits per heavy atom. The molecule has 2 rings (SSSR count). The van der Waals surface area contributed by atoms with Crippen LogP contribution in [-0.4, -0.2) is 11.7 Å². The van der Waals surface area contributed by atoms with Gasteiger partial charge in [0.1, 0.15) is 34.5 Å². The summed E-state index contributed by atoms with van der Waals surface area (Å²) in [5.41, 5.74) is -0.220. The SMILES string of the molecule is CC(C)(C)OC(=O)Nc1ccc(Oc2cccc(F)c2C#N)cc1. The van der Waals surface area contributed by atoms with Crippen LogP contribution in [0.2, 0.25) is 0 Å². The van der Waals surface area contributed by atoms with Crippen molar-refractivity contribution in [2.45, 2.75) is 26.4 Å². The predicted molar refractivity (Wildman–Crippen MR) is 87.5 cm³/mol. The molecule has 24 heavy (non-hydrogen) atoms. The Kier molecular flexibility index (Phi) is 5.05. The molecule has 0 bridgehead atoms. The molecule has 2 aromatic carbocycles. The number of amides is 1. The van der Waals surface area contributed by atoms with Gasteiger partial charge in [0.15, 0.2) is 0 Å². The zero-order valence-corrected chi connectivity index (χ0v) is 13.6. The quantitative estimate of drug-likeness (QED) is 0.875. The molecular formula is C18H17FN2O3. The van der Waals surface area contributed by atoms with Crippen LogP contribution < -0.4 is 10.1 Å². The highest BCUT2D eigenvalue weighted by Gasteiger charge is 2.16. The maximum atomic E-state index is 13.5. The Morgan fingerprint density at radius 3 is 2.42 bits per heavy atom. The van der Waals surface area contributed by atoms with Gasteiger partial charge in [0.05, 0.1) is 0 Å². The van der Waals surface area contributed by atoms with Crippen molar-refractivity contribution in [3.05, 3.63) is 53.8 Å². The molecule has 124 valence electrons. The van der Waals surface area contributed by atoms with Gasteiger partial charge in [-0.15, -0.1) is 0 Å². The Balaban J connectivity index is 2.07. The van der Waals surface area contributed by atoms with Gasteiger partial charge in [0.25, 0.3) is 0 Å². The summed E-state index contributed by atoms with van der Waals surface area (Å²) in [6.07, 6.45) is -0.562. The molecule has 0 saturated carbocycles. The van der Waals surface area contributed by atoms with Gasteiger partial charge in [-0.2, -0.15) is 5.26 Å². The van der Waals surface area contributed by atoms with Crippen molar-refractivity contribution in [3.63, 3.8) is 0 Å². The Morgan fingerprint density at radius 1 is 1.17 bits per heavy atom. The molecule has 0 aliphatic heterocycles. The van der Waals surface area contributed by atoms with Crippen LogP contribution in [0.15, 0.2) is 42.5 Å². The molecule has 1 N–H and O–H groups in total. The fourth-order valence-corrected chi connectivity index (χ4v) is 1.85. The Labute approximate surface area is 139 Å². The van der Waals surface area contributed by atoms with Crippen molar-refractivity contribution < 1.29 is 18.7 Å². The number of nitrogens with one attached hydrogen (secondary N) is 1. The first kappa shape index (κ1) is 17.3. The lowest BCUT2D eigenvalue weighted by Crippen LogP contribution is -2.27. The second-order valence-corrected chi connectivity index (χ2v) is 5.98. The lowest BCUT2D eigenvalue weighted by atomic mass is 10.2. The number of hydrogen-bond donors (Lipinski definition) is 1. The monoisotopic (exact) mass is 328 g/mol. The van der Waals surface area contributed by atoms with Crippen molar-refractivity contribution in [2.24, 2.45) is 0 Å². The summed E-state index contributed by atoms with van der Waals surface area (Å²) in [6, 6.07) is 12.4. The maximum absolute atomic E-state index is 13.5. The number of anilines is 1. The molecule has 0 fully saturated rings. The average molecular weight is 328 g/mol. The molecule has 0 heterocycles. The van der Waals surface area contributed by atoms with E-state index < -0.39 is 17.5 Å². The number of ether oxygens (including phenoxy) is 2. The fraction of sp³-hybridized carbons (Fsp3) is 0.222. The summed E-state index contributed by atoms with van der Waals surface area (Å²) in [5, 5.41) is 11.6. The van der Waals surface area contributed by atoms with Crippen LogP contribution in [0.4, 0.5) is 14.9 Å². The molecule has 5 nitrogen and oxygen atoms in total. The van der Waals surface area contributed by atoms with Gasteiger partial charge in [-0.25, -0.2) is 9.18 Å². The molecule has 0 atom stereocenters. The van der Waals surface area contributed by atoms with Crippen LogP contribution in [0.3, 0.4) is 0 Å². The van der Waals surface area contributed by atoms with E-state index in [-0.39, 0.29) is 11.3 Å². The number of nitriles is 1. The third-order valence-electron chi connectivity index (χ3n) is 2.81. The van der Waals surface area contributed by atoms with Gasteiger partial charge in [-0.3, -0.25) is 5.32 Å². The standard InChI is InChI=1S/C18H17FN2O3/c1-18(2,3)24-17(22)21-12-7-9-13(10-8-12)23-16-6-4-5-15(19)14(16)11-20/h4-10H,1-3H3,(H,21,22). The molecule has 0 spiro atoms. The fourth-order valence-electron chi connectivity index (χ4n) is 1.85. The molecule has 0 aliphatic rings. The van der Waals surface area contributed by atoms with Gasteiger partial charge < -0.3 is 9.47 Å². The zero-order valence-electron chi connectivity index (χ0n) is 13.6. The highest BCUT2D eigenvalue weighted by Crippen LogP contribution is 2.27. The second kappa shape index (κ2) is 7.01. The van der Waals surface area contributed by atoms with E-state index in [4.69, 9.17) is 14.7 Å². The van der Waals surface area contributed by atoms with Crippen molar-refractivity contribution >= 4 is 11.8 Å². The summed E-state index contributed by atoms with van der Waals surface area (Å²) in [5.74, 6) is -0.101. The van der Waals surface area contributed by atoms with Crippen molar-refractivity contribution in [1.82, 2.24) is 0 Å². The first-order valence-corrected chi connectivity index (χ1v) is 7.25. The molecule has 0 aromatic heterocycles. The minimum absolute atomic E-state index is 0.130. The van der Waals surface area contributed by atoms with Crippen LogP contribution in [0.1, 0.15) is 26.3 Å². The van der Waals surface area contributed by atoms with E-state index in [1.54, 1.807) is 51.1 Å².